The number of nitrogens with zero attached hydrogens (tertiary/aromatic N) is 1. The molecule has 2 N–H and O–H groups in total. The topological polar surface area (TPSA) is 63.4 Å². The molecule has 4 nitrogen and oxygen atoms in total. The summed E-state index contributed by atoms with van der Waals surface area (Å²) in [6.07, 6.45) is -3.29. The smallest absolute Gasteiger partial charge is 0.267 e. The van der Waals surface area contributed by atoms with Gasteiger partial charge in [-0.25, -0.2) is 10.9 Å². The van der Waals surface area contributed by atoms with Gasteiger partial charge in [0.25, 0.3) is 5.91 Å². The fraction of sp³-hybridized carbons (Fsp3) is 0.200. The number of alkyl halides is 2. The van der Waals surface area contributed by atoms with Crippen LogP contribution in [0.3, 0.4) is 0 Å². The number of imide groups is 1. The summed E-state index contributed by atoms with van der Waals surface area (Å²) in [6, 6.07) is 6.06. The molecule has 6 heteroatoms. The highest BCUT2D eigenvalue weighted by atomic mass is 19.3. The van der Waals surface area contributed by atoms with Gasteiger partial charge in [0.2, 0.25) is 0 Å². The van der Waals surface area contributed by atoms with Crippen molar-refractivity contribution in [3.63, 3.8) is 0 Å². The SMILES string of the molecule is Cc1ccc(C(=O)N(N)C(=O)C(F)F)cc1. The Hall–Kier alpha value is -1.82. The van der Waals surface area contributed by atoms with Crippen molar-refractivity contribution in [3.8, 4) is 0 Å². The second-order valence-electron chi connectivity index (χ2n) is 3.18. The Morgan fingerprint density at radius 2 is 1.75 bits per heavy atom. The van der Waals surface area contributed by atoms with Gasteiger partial charge in [0.05, 0.1) is 0 Å². The van der Waals surface area contributed by atoms with E-state index in [9.17, 15) is 18.4 Å². The van der Waals surface area contributed by atoms with Gasteiger partial charge >= 0.3 is 12.3 Å². The summed E-state index contributed by atoms with van der Waals surface area (Å²) in [5.41, 5.74) is 0.988. The number of amides is 2. The number of carbonyl (C=O) groups is 2. The number of rotatable bonds is 2. The lowest BCUT2D eigenvalue weighted by Gasteiger charge is -2.13. The Labute approximate surface area is 90.6 Å². The van der Waals surface area contributed by atoms with E-state index in [1.54, 1.807) is 19.1 Å². The second-order valence-corrected chi connectivity index (χ2v) is 3.18. The van der Waals surface area contributed by atoms with Crippen molar-refractivity contribution in [1.82, 2.24) is 5.01 Å². The summed E-state index contributed by atoms with van der Waals surface area (Å²) in [5.74, 6) is 2.32. The summed E-state index contributed by atoms with van der Waals surface area (Å²) in [7, 11) is 0. The van der Waals surface area contributed by atoms with Gasteiger partial charge in [0, 0.05) is 5.56 Å². The van der Waals surface area contributed by atoms with E-state index in [0.717, 1.165) is 5.56 Å². The number of carbonyl (C=O) groups excluding carboxylic acids is 2. The Balaban J connectivity index is 2.86. The monoisotopic (exact) mass is 228 g/mol. The van der Waals surface area contributed by atoms with Crippen molar-refractivity contribution >= 4 is 11.8 Å². The van der Waals surface area contributed by atoms with Crippen molar-refractivity contribution in [2.45, 2.75) is 13.3 Å². The molecule has 1 aromatic rings. The van der Waals surface area contributed by atoms with E-state index >= 15 is 0 Å². The molecule has 2 amide bonds. The van der Waals surface area contributed by atoms with Gasteiger partial charge in [-0.2, -0.15) is 8.78 Å². The molecule has 0 aliphatic rings. The molecule has 86 valence electrons. The lowest BCUT2D eigenvalue weighted by atomic mass is 10.1. The molecule has 1 aromatic carbocycles. The van der Waals surface area contributed by atoms with Crippen LogP contribution in [-0.4, -0.2) is 23.2 Å². The lowest BCUT2D eigenvalue weighted by molar-refractivity contribution is -0.140. The summed E-state index contributed by atoms with van der Waals surface area (Å²) in [6.45, 7) is 1.80. The third-order valence-corrected chi connectivity index (χ3v) is 1.94. The molecule has 0 spiro atoms. The zero-order valence-electron chi connectivity index (χ0n) is 8.48. The number of hydrogen-bond donors (Lipinski definition) is 1. The van der Waals surface area contributed by atoms with Crippen molar-refractivity contribution in [3.05, 3.63) is 35.4 Å². The maximum absolute atomic E-state index is 12.0. The third kappa shape index (κ3) is 2.60. The van der Waals surface area contributed by atoms with E-state index in [1.165, 1.54) is 12.1 Å². The highest BCUT2D eigenvalue weighted by Gasteiger charge is 2.26. The van der Waals surface area contributed by atoms with Crippen LogP contribution in [0.25, 0.3) is 0 Å². The highest BCUT2D eigenvalue weighted by molar-refractivity contribution is 6.04. The van der Waals surface area contributed by atoms with Crippen LogP contribution in [0, 0.1) is 6.92 Å². The van der Waals surface area contributed by atoms with Crippen LogP contribution in [-0.2, 0) is 4.79 Å². The minimum Gasteiger partial charge on any atom is -0.267 e. The molecule has 0 unspecified atom stereocenters. The van der Waals surface area contributed by atoms with Gasteiger partial charge in [0.15, 0.2) is 0 Å². The largest absolute Gasteiger partial charge is 0.317 e. The number of nitrogens with two attached hydrogens (primary N) is 1. The van der Waals surface area contributed by atoms with Gasteiger partial charge in [-0.1, -0.05) is 17.7 Å². The lowest BCUT2D eigenvalue weighted by Crippen LogP contribution is -2.45. The minimum atomic E-state index is -3.29. The van der Waals surface area contributed by atoms with Gasteiger partial charge < -0.3 is 0 Å². The number of halogens is 2. The first kappa shape index (κ1) is 12.3. The molecule has 0 bridgehead atoms. The zero-order chi connectivity index (χ0) is 12.3. The maximum atomic E-state index is 12.0. The zero-order valence-corrected chi connectivity index (χ0v) is 8.48. The number of benzene rings is 1. The normalized spacial score (nSPS) is 10.3. The molecular weight excluding hydrogens is 218 g/mol. The van der Waals surface area contributed by atoms with Gasteiger partial charge in [0.1, 0.15) is 0 Å². The number of hydrazine groups is 1. The van der Waals surface area contributed by atoms with E-state index in [1.807, 2.05) is 0 Å². The van der Waals surface area contributed by atoms with Crippen LogP contribution in [0.5, 0.6) is 0 Å². The Bertz CT molecular complexity index is 404. The van der Waals surface area contributed by atoms with Crippen LogP contribution in [0.15, 0.2) is 24.3 Å². The molecule has 0 saturated heterocycles. The fourth-order valence-corrected chi connectivity index (χ4v) is 1.04. The van der Waals surface area contributed by atoms with E-state index < -0.39 is 18.2 Å². The molecule has 1 rings (SSSR count). The highest BCUT2D eigenvalue weighted by Crippen LogP contribution is 2.07. The van der Waals surface area contributed by atoms with E-state index in [-0.39, 0.29) is 10.6 Å². The molecule has 0 heterocycles. The number of hydrogen-bond acceptors (Lipinski definition) is 3. The average molecular weight is 228 g/mol. The van der Waals surface area contributed by atoms with E-state index in [0.29, 0.717) is 0 Å². The van der Waals surface area contributed by atoms with Crippen molar-refractivity contribution in [1.29, 1.82) is 0 Å². The van der Waals surface area contributed by atoms with Crippen molar-refractivity contribution in [2.75, 3.05) is 0 Å². The molecule has 0 radical (unpaired) electrons. The molecule has 0 saturated carbocycles. The van der Waals surface area contributed by atoms with Crippen molar-refractivity contribution in [2.24, 2.45) is 5.84 Å². The summed E-state index contributed by atoms with van der Waals surface area (Å²) >= 11 is 0. The van der Waals surface area contributed by atoms with Crippen LogP contribution in [0.1, 0.15) is 15.9 Å². The first-order valence-corrected chi connectivity index (χ1v) is 4.41. The van der Waals surface area contributed by atoms with Crippen LogP contribution in [0.2, 0.25) is 0 Å². The van der Waals surface area contributed by atoms with Crippen LogP contribution >= 0.6 is 0 Å². The third-order valence-electron chi connectivity index (χ3n) is 1.94. The Morgan fingerprint density at radius 3 is 2.19 bits per heavy atom. The predicted octanol–water partition coefficient (Wildman–Crippen LogP) is 1.10. The van der Waals surface area contributed by atoms with Gasteiger partial charge in [-0.15, -0.1) is 0 Å². The summed E-state index contributed by atoms with van der Waals surface area (Å²) in [4.78, 5) is 22.2. The Kier molecular flexibility index (Phi) is 3.68. The quantitative estimate of drug-likeness (QED) is 0.468. The molecule has 0 fully saturated rings. The minimum absolute atomic E-state index is 0.0741. The predicted molar refractivity (Wildman–Crippen MR) is 52.5 cm³/mol. The van der Waals surface area contributed by atoms with E-state index in [4.69, 9.17) is 5.84 Å². The summed E-state index contributed by atoms with van der Waals surface area (Å²) in [5, 5.41) is -0.0741. The summed E-state index contributed by atoms with van der Waals surface area (Å²) < 4.78 is 24.0. The number of aryl methyl sites for hydroxylation is 1. The molecule has 0 aliphatic heterocycles. The first-order valence-electron chi connectivity index (χ1n) is 4.41. The van der Waals surface area contributed by atoms with Crippen molar-refractivity contribution < 1.29 is 18.4 Å². The molecule has 0 atom stereocenters. The fourth-order valence-electron chi connectivity index (χ4n) is 1.04. The molecule has 0 aliphatic carbocycles. The average Bonchev–Trinajstić information content (AvgIpc) is 2.27. The van der Waals surface area contributed by atoms with E-state index in [2.05, 4.69) is 0 Å². The molecular formula is C10H10F2N2O2. The van der Waals surface area contributed by atoms with Crippen LogP contribution in [0.4, 0.5) is 8.78 Å². The van der Waals surface area contributed by atoms with Gasteiger partial charge in [-0.3, -0.25) is 9.59 Å². The standard InChI is InChI=1S/C10H10F2N2O2/c1-6-2-4-7(5-3-6)9(15)14(13)10(16)8(11)12/h2-5,8H,13H2,1H3. The van der Waals surface area contributed by atoms with Gasteiger partial charge in [-0.05, 0) is 19.1 Å². The molecule has 16 heavy (non-hydrogen) atoms. The second kappa shape index (κ2) is 4.80. The Morgan fingerprint density at radius 1 is 1.25 bits per heavy atom. The van der Waals surface area contributed by atoms with Crippen LogP contribution < -0.4 is 5.84 Å². The first-order chi connectivity index (χ1) is 7.43. The maximum Gasteiger partial charge on any atom is 0.317 e. The molecule has 0 aromatic heterocycles.